The molecule has 2 unspecified atom stereocenters. The maximum absolute atomic E-state index is 12.1. The highest BCUT2D eigenvalue weighted by Gasteiger charge is 2.54. The molecule has 114 valence electrons. The van der Waals surface area contributed by atoms with Crippen LogP contribution in [0.25, 0.3) is 0 Å². The maximum atomic E-state index is 12.1. The van der Waals surface area contributed by atoms with Gasteiger partial charge in [0.15, 0.2) is 0 Å². The van der Waals surface area contributed by atoms with E-state index in [1.165, 1.54) is 0 Å². The summed E-state index contributed by atoms with van der Waals surface area (Å²) in [5.74, 6) is -2.43. The second-order valence-electron chi connectivity index (χ2n) is 6.52. The van der Waals surface area contributed by atoms with E-state index in [-0.39, 0.29) is 5.92 Å². The van der Waals surface area contributed by atoms with Crippen molar-refractivity contribution in [2.75, 3.05) is 0 Å². The first kappa shape index (κ1) is 15.3. The van der Waals surface area contributed by atoms with Crippen LogP contribution in [-0.2, 0) is 9.59 Å². The van der Waals surface area contributed by atoms with Crippen LogP contribution in [0.5, 0.6) is 0 Å². The zero-order valence-corrected chi connectivity index (χ0v) is 12.1. The minimum atomic E-state index is -1.02. The Morgan fingerprint density at radius 2 is 1.35 bits per heavy atom. The van der Waals surface area contributed by atoms with E-state index in [1.54, 1.807) is 0 Å². The molecular formula is C16H26O4. The van der Waals surface area contributed by atoms with Crippen molar-refractivity contribution < 1.29 is 19.8 Å². The monoisotopic (exact) mass is 282 g/mol. The van der Waals surface area contributed by atoms with Gasteiger partial charge >= 0.3 is 11.9 Å². The Kier molecular flexibility index (Phi) is 5.06. The summed E-state index contributed by atoms with van der Waals surface area (Å²) in [5.41, 5.74) is -1.02. The summed E-state index contributed by atoms with van der Waals surface area (Å²) in [7, 11) is 0. The maximum Gasteiger partial charge on any atom is 0.310 e. The van der Waals surface area contributed by atoms with Gasteiger partial charge in [0.1, 0.15) is 0 Å². The first-order valence-corrected chi connectivity index (χ1v) is 8.05. The first-order chi connectivity index (χ1) is 9.59. The predicted octanol–water partition coefficient (Wildman–Crippen LogP) is 3.69. The molecule has 2 N–H and O–H groups in total. The van der Waals surface area contributed by atoms with Crippen LogP contribution in [0.4, 0.5) is 0 Å². The summed E-state index contributed by atoms with van der Waals surface area (Å²) in [4.78, 5) is 23.8. The van der Waals surface area contributed by atoms with Crippen LogP contribution in [0, 0.1) is 17.3 Å². The summed E-state index contributed by atoms with van der Waals surface area (Å²) in [6.45, 7) is 0. The Balaban J connectivity index is 2.37. The van der Waals surface area contributed by atoms with Crippen LogP contribution in [0.15, 0.2) is 0 Å². The Bertz CT molecular complexity index is 357. The largest absolute Gasteiger partial charge is 0.481 e. The van der Waals surface area contributed by atoms with Gasteiger partial charge in [-0.15, -0.1) is 0 Å². The SMILES string of the molecule is O=C(O)C1CCCCCC1(C(=O)O)C1CCCCCC1. The quantitative estimate of drug-likeness (QED) is 0.774. The van der Waals surface area contributed by atoms with Crippen molar-refractivity contribution >= 4 is 11.9 Å². The number of carboxylic acids is 2. The van der Waals surface area contributed by atoms with Crippen LogP contribution in [0.3, 0.4) is 0 Å². The Hall–Kier alpha value is -1.06. The molecule has 2 fully saturated rings. The minimum absolute atomic E-state index is 0.0432. The lowest BCUT2D eigenvalue weighted by Crippen LogP contribution is -2.47. The number of carboxylic acid groups (broad SMARTS) is 2. The lowest BCUT2D eigenvalue weighted by Gasteiger charge is -2.40. The molecule has 0 aromatic heterocycles. The molecule has 0 spiro atoms. The molecule has 2 aliphatic rings. The van der Waals surface area contributed by atoms with Crippen molar-refractivity contribution in [2.45, 2.75) is 70.6 Å². The average Bonchev–Trinajstić information content (AvgIpc) is 2.79. The normalized spacial score (nSPS) is 33.1. The van der Waals surface area contributed by atoms with Gasteiger partial charge in [-0.2, -0.15) is 0 Å². The lowest BCUT2D eigenvalue weighted by atomic mass is 9.61. The van der Waals surface area contributed by atoms with Crippen molar-refractivity contribution in [3.63, 3.8) is 0 Å². The molecule has 2 rings (SSSR count). The van der Waals surface area contributed by atoms with Crippen molar-refractivity contribution in [1.29, 1.82) is 0 Å². The third-order valence-corrected chi connectivity index (χ3v) is 5.49. The molecule has 0 radical (unpaired) electrons. The number of hydrogen-bond acceptors (Lipinski definition) is 2. The first-order valence-electron chi connectivity index (χ1n) is 8.05. The third-order valence-electron chi connectivity index (χ3n) is 5.49. The third kappa shape index (κ3) is 2.84. The standard InChI is InChI=1S/C16H26O4/c17-14(18)13-10-6-3-7-11-16(13,15(19)20)12-8-4-1-2-5-9-12/h12-13H,1-11H2,(H,17,18)(H,19,20). The fourth-order valence-corrected chi connectivity index (χ4v) is 4.43. The van der Waals surface area contributed by atoms with E-state index in [9.17, 15) is 19.8 Å². The van der Waals surface area contributed by atoms with E-state index in [2.05, 4.69) is 0 Å². The average molecular weight is 282 g/mol. The van der Waals surface area contributed by atoms with Gasteiger partial charge in [-0.25, -0.2) is 0 Å². The van der Waals surface area contributed by atoms with Crippen molar-refractivity contribution in [3.8, 4) is 0 Å². The highest BCUT2D eigenvalue weighted by Crippen LogP contribution is 2.50. The van der Waals surface area contributed by atoms with E-state index in [0.717, 1.165) is 57.8 Å². The smallest absolute Gasteiger partial charge is 0.310 e. The van der Waals surface area contributed by atoms with Crippen LogP contribution in [0.2, 0.25) is 0 Å². The predicted molar refractivity (Wildman–Crippen MR) is 75.5 cm³/mol. The van der Waals surface area contributed by atoms with Gasteiger partial charge in [0.05, 0.1) is 11.3 Å². The van der Waals surface area contributed by atoms with Gasteiger partial charge in [-0.05, 0) is 31.6 Å². The molecule has 0 saturated heterocycles. The van der Waals surface area contributed by atoms with E-state index >= 15 is 0 Å². The minimum Gasteiger partial charge on any atom is -0.481 e. The Morgan fingerprint density at radius 3 is 1.90 bits per heavy atom. The molecule has 0 heterocycles. The summed E-state index contributed by atoms with van der Waals surface area (Å²) in [5, 5.41) is 19.5. The van der Waals surface area contributed by atoms with E-state index in [0.29, 0.717) is 12.8 Å². The molecule has 0 aromatic rings. The topological polar surface area (TPSA) is 74.6 Å². The molecule has 2 aliphatic carbocycles. The highest BCUT2D eigenvalue weighted by molar-refractivity contribution is 5.84. The number of hydrogen-bond donors (Lipinski definition) is 2. The summed E-state index contributed by atoms with van der Waals surface area (Å²) in [6, 6.07) is 0. The zero-order chi connectivity index (χ0) is 14.6. The molecular weight excluding hydrogens is 256 g/mol. The van der Waals surface area contributed by atoms with Crippen molar-refractivity contribution in [3.05, 3.63) is 0 Å². The number of aliphatic carboxylic acids is 2. The van der Waals surface area contributed by atoms with Gasteiger partial charge in [0.25, 0.3) is 0 Å². The van der Waals surface area contributed by atoms with Gasteiger partial charge < -0.3 is 10.2 Å². The van der Waals surface area contributed by atoms with Crippen LogP contribution < -0.4 is 0 Å². The van der Waals surface area contributed by atoms with Crippen LogP contribution in [-0.4, -0.2) is 22.2 Å². The molecule has 0 aliphatic heterocycles. The van der Waals surface area contributed by atoms with Crippen molar-refractivity contribution in [1.82, 2.24) is 0 Å². The fraction of sp³-hybridized carbons (Fsp3) is 0.875. The lowest BCUT2D eigenvalue weighted by molar-refractivity contribution is -0.169. The number of rotatable bonds is 3. The van der Waals surface area contributed by atoms with Gasteiger partial charge in [-0.3, -0.25) is 9.59 Å². The summed E-state index contributed by atoms with van der Waals surface area (Å²) < 4.78 is 0. The van der Waals surface area contributed by atoms with E-state index in [4.69, 9.17) is 0 Å². The number of carbonyl (C=O) groups is 2. The Labute approximate surface area is 120 Å². The van der Waals surface area contributed by atoms with Crippen LogP contribution >= 0.6 is 0 Å². The Morgan fingerprint density at radius 1 is 0.800 bits per heavy atom. The summed E-state index contributed by atoms with van der Waals surface area (Å²) in [6.07, 6.45) is 9.91. The molecule has 2 saturated carbocycles. The molecule has 2 atom stereocenters. The molecule has 4 heteroatoms. The van der Waals surface area contributed by atoms with Crippen molar-refractivity contribution in [2.24, 2.45) is 17.3 Å². The van der Waals surface area contributed by atoms with Crippen LogP contribution in [0.1, 0.15) is 70.6 Å². The molecule has 0 bridgehead atoms. The van der Waals surface area contributed by atoms with Gasteiger partial charge in [-0.1, -0.05) is 44.9 Å². The molecule has 0 aromatic carbocycles. The molecule has 0 amide bonds. The second-order valence-corrected chi connectivity index (χ2v) is 6.52. The molecule has 20 heavy (non-hydrogen) atoms. The fourth-order valence-electron chi connectivity index (χ4n) is 4.43. The highest BCUT2D eigenvalue weighted by atomic mass is 16.4. The zero-order valence-electron chi connectivity index (χ0n) is 12.1. The summed E-state index contributed by atoms with van der Waals surface area (Å²) >= 11 is 0. The van der Waals surface area contributed by atoms with E-state index < -0.39 is 23.3 Å². The van der Waals surface area contributed by atoms with Gasteiger partial charge in [0.2, 0.25) is 0 Å². The second kappa shape index (κ2) is 6.59. The van der Waals surface area contributed by atoms with E-state index in [1.807, 2.05) is 0 Å². The molecule has 4 nitrogen and oxygen atoms in total. The van der Waals surface area contributed by atoms with Gasteiger partial charge in [0, 0.05) is 0 Å².